The summed E-state index contributed by atoms with van der Waals surface area (Å²) in [7, 11) is 0. The van der Waals surface area contributed by atoms with E-state index in [0.29, 0.717) is 22.0 Å². The molecule has 1 amide bonds. The van der Waals surface area contributed by atoms with Crippen molar-refractivity contribution >= 4 is 45.6 Å². The maximum absolute atomic E-state index is 13.6. The SMILES string of the molecule is C[C@@H](O)Cn1ccc2c(NC(=O)Cc3ccc(Cl)c(F)c3)c(Cl)ccc2c1=O. The van der Waals surface area contributed by atoms with Gasteiger partial charge in [0.15, 0.2) is 0 Å². The first kappa shape index (κ1) is 20.3. The van der Waals surface area contributed by atoms with Crippen LogP contribution in [0, 0.1) is 5.82 Å². The Bertz CT molecular complexity index is 1110. The smallest absolute Gasteiger partial charge is 0.258 e. The number of anilines is 1. The number of rotatable bonds is 5. The summed E-state index contributed by atoms with van der Waals surface area (Å²) in [6.45, 7) is 1.74. The number of aliphatic hydroxyl groups excluding tert-OH is 1. The Morgan fingerprint density at radius 3 is 2.57 bits per heavy atom. The summed E-state index contributed by atoms with van der Waals surface area (Å²) in [5, 5.41) is 13.3. The number of hydrogen-bond donors (Lipinski definition) is 2. The van der Waals surface area contributed by atoms with Crippen LogP contribution in [0.15, 0.2) is 47.4 Å². The van der Waals surface area contributed by atoms with Gasteiger partial charge >= 0.3 is 0 Å². The molecule has 0 radical (unpaired) electrons. The lowest BCUT2D eigenvalue weighted by atomic mass is 10.1. The Hall–Kier alpha value is -2.41. The summed E-state index contributed by atoms with van der Waals surface area (Å²) < 4.78 is 15.0. The van der Waals surface area contributed by atoms with Gasteiger partial charge in [-0.1, -0.05) is 29.3 Å². The first-order valence-electron chi connectivity index (χ1n) is 8.49. The number of amides is 1. The van der Waals surface area contributed by atoms with Gasteiger partial charge in [0, 0.05) is 17.0 Å². The van der Waals surface area contributed by atoms with Crippen LogP contribution in [0.25, 0.3) is 10.8 Å². The van der Waals surface area contributed by atoms with Gasteiger partial charge in [-0.3, -0.25) is 9.59 Å². The third kappa shape index (κ3) is 4.35. The van der Waals surface area contributed by atoms with E-state index >= 15 is 0 Å². The molecule has 1 atom stereocenters. The molecule has 146 valence electrons. The van der Waals surface area contributed by atoms with Gasteiger partial charge in [-0.15, -0.1) is 0 Å². The highest BCUT2D eigenvalue weighted by molar-refractivity contribution is 6.35. The van der Waals surface area contributed by atoms with E-state index in [-0.39, 0.29) is 28.6 Å². The third-order valence-corrected chi connectivity index (χ3v) is 4.80. The Morgan fingerprint density at radius 1 is 1.18 bits per heavy atom. The molecular weight excluding hydrogens is 406 g/mol. The largest absolute Gasteiger partial charge is 0.392 e. The molecule has 0 saturated heterocycles. The van der Waals surface area contributed by atoms with Crippen molar-refractivity contribution in [3.05, 3.63) is 74.4 Å². The van der Waals surface area contributed by atoms with Crippen molar-refractivity contribution in [2.45, 2.75) is 26.0 Å². The molecule has 0 aliphatic rings. The number of aromatic nitrogens is 1. The Balaban J connectivity index is 1.92. The third-order valence-electron chi connectivity index (χ3n) is 4.18. The number of carbonyl (C=O) groups excluding carboxylic acids is 1. The number of carbonyl (C=O) groups is 1. The van der Waals surface area contributed by atoms with E-state index in [0.717, 1.165) is 0 Å². The monoisotopic (exact) mass is 422 g/mol. The zero-order valence-electron chi connectivity index (χ0n) is 14.9. The zero-order valence-corrected chi connectivity index (χ0v) is 16.4. The summed E-state index contributed by atoms with van der Waals surface area (Å²) >= 11 is 11.9. The molecule has 3 rings (SSSR count). The molecule has 28 heavy (non-hydrogen) atoms. The topological polar surface area (TPSA) is 71.3 Å². The Morgan fingerprint density at radius 2 is 1.89 bits per heavy atom. The molecule has 0 fully saturated rings. The summed E-state index contributed by atoms with van der Waals surface area (Å²) in [4.78, 5) is 25.0. The molecular formula is C20H17Cl2FN2O3. The number of fused-ring (bicyclic) bond motifs is 1. The predicted octanol–water partition coefficient (Wildman–Crippen LogP) is 4.01. The van der Waals surface area contributed by atoms with E-state index in [2.05, 4.69) is 5.32 Å². The Kier molecular flexibility index (Phi) is 6.03. The van der Waals surface area contributed by atoms with Gasteiger partial charge in [-0.25, -0.2) is 4.39 Å². The van der Waals surface area contributed by atoms with E-state index in [9.17, 15) is 19.1 Å². The number of aliphatic hydroxyl groups is 1. The lowest BCUT2D eigenvalue weighted by Crippen LogP contribution is -2.25. The highest BCUT2D eigenvalue weighted by Crippen LogP contribution is 2.30. The van der Waals surface area contributed by atoms with E-state index in [4.69, 9.17) is 23.2 Å². The van der Waals surface area contributed by atoms with E-state index in [1.807, 2.05) is 0 Å². The van der Waals surface area contributed by atoms with E-state index < -0.39 is 17.8 Å². The van der Waals surface area contributed by atoms with Crippen molar-refractivity contribution < 1.29 is 14.3 Å². The molecule has 1 aromatic heterocycles. The van der Waals surface area contributed by atoms with Crippen molar-refractivity contribution in [1.82, 2.24) is 4.57 Å². The standard InChI is InChI=1S/C20H17Cl2FN2O3/c1-11(26)10-25-7-6-13-14(20(25)28)3-5-16(22)19(13)24-18(27)9-12-2-4-15(21)17(23)8-12/h2-8,11,26H,9-10H2,1H3,(H,24,27)/t11-/m1/s1. The first-order chi connectivity index (χ1) is 13.3. The van der Waals surface area contributed by atoms with Gasteiger partial charge < -0.3 is 15.0 Å². The number of halogens is 3. The average molecular weight is 423 g/mol. The predicted molar refractivity (Wildman–Crippen MR) is 109 cm³/mol. The van der Waals surface area contributed by atoms with Crippen molar-refractivity contribution in [3.8, 4) is 0 Å². The van der Waals surface area contributed by atoms with Crippen molar-refractivity contribution in [1.29, 1.82) is 0 Å². The average Bonchev–Trinajstić information content (AvgIpc) is 2.62. The van der Waals surface area contributed by atoms with Crippen LogP contribution >= 0.6 is 23.2 Å². The van der Waals surface area contributed by atoms with Crippen LogP contribution in [0.5, 0.6) is 0 Å². The minimum Gasteiger partial charge on any atom is -0.392 e. The van der Waals surface area contributed by atoms with Gasteiger partial charge in [0.2, 0.25) is 5.91 Å². The van der Waals surface area contributed by atoms with Gasteiger partial charge in [0.25, 0.3) is 5.56 Å². The molecule has 0 saturated carbocycles. The van der Waals surface area contributed by atoms with Crippen LogP contribution < -0.4 is 10.9 Å². The molecule has 2 N–H and O–H groups in total. The fourth-order valence-corrected chi connectivity index (χ4v) is 3.24. The Labute approximate surface area is 170 Å². The molecule has 0 aliphatic carbocycles. The second kappa shape index (κ2) is 8.31. The van der Waals surface area contributed by atoms with Gasteiger partial charge in [-0.2, -0.15) is 0 Å². The summed E-state index contributed by atoms with van der Waals surface area (Å²) in [5.41, 5.74) is 0.459. The summed E-state index contributed by atoms with van der Waals surface area (Å²) in [6, 6.07) is 8.89. The lowest BCUT2D eigenvalue weighted by molar-refractivity contribution is -0.115. The fourth-order valence-electron chi connectivity index (χ4n) is 2.91. The van der Waals surface area contributed by atoms with Crippen molar-refractivity contribution in [2.75, 3.05) is 5.32 Å². The summed E-state index contributed by atoms with van der Waals surface area (Å²) in [6.07, 6.45) is 0.777. The molecule has 1 heterocycles. The molecule has 0 bridgehead atoms. The molecule has 0 spiro atoms. The molecule has 8 heteroatoms. The van der Waals surface area contributed by atoms with Gasteiger partial charge in [0.05, 0.1) is 34.8 Å². The minimum atomic E-state index is -0.679. The number of nitrogens with one attached hydrogen (secondary N) is 1. The fraction of sp³-hybridized carbons (Fsp3) is 0.200. The van der Waals surface area contributed by atoms with Crippen LogP contribution in [0.4, 0.5) is 10.1 Å². The van der Waals surface area contributed by atoms with Crippen LogP contribution in [-0.4, -0.2) is 21.7 Å². The van der Waals surface area contributed by atoms with Crippen LogP contribution in [-0.2, 0) is 17.8 Å². The molecule has 0 aliphatic heterocycles. The van der Waals surface area contributed by atoms with Gasteiger partial charge in [0.1, 0.15) is 5.82 Å². The highest BCUT2D eigenvalue weighted by atomic mass is 35.5. The van der Waals surface area contributed by atoms with Crippen LogP contribution in [0.1, 0.15) is 12.5 Å². The maximum atomic E-state index is 13.6. The summed E-state index contributed by atoms with van der Waals surface area (Å²) in [5.74, 6) is -1.02. The normalized spacial score (nSPS) is 12.2. The lowest BCUT2D eigenvalue weighted by Gasteiger charge is -2.13. The maximum Gasteiger partial charge on any atom is 0.258 e. The molecule has 2 aromatic carbocycles. The van der Waals surface area contributed by atoms with E-state index in [1.54, 1.807) is 25.1 Å². The van der Waals surface area contributed by atoms with Gasteiger partial charge in [-0.05, 0) is 42.8 Å². The van der Waals surface area contributed by atoms with Crippen LogP contribution in [0.3, 0.4) is 0 Å². The molecule has 0 unspecified atom stereocenters. The molecule has 5 nitrogen and oxygen atoms in total. The second-order valence-corrected chi connectivity index (χ2v) is 7.29. The van der Waals surface area contributed by atoms with Crippen molar-refractivity contribution in [3.63, 3.8) is 0 Å². The van der Waals surface area contributed by atoms with Crippen molar-refractivity contribution in [2.24, 2.45) is 0 Å². The zero-order chi connectivity index (χ0) is 20.4. The number of pyridine rings is 1. The van der Waals surface area contributed by atoms with E-state index in [1.165, 1.54) is 29.0 Å². The molecule has 3 aromatic rings. The second-order valence-electron chi connectivity index (χ2n) is 6.48. The quantitative estimate of drug-likeness (QED) is 0.652. The number of nitrogens with zero attached hydrogens (tertiary/aromatic N) is 1. The minimum absolute atomic E-state index is 0.0188. The van der Waals surface area contributed by atoms with Crippen LogP contribution in [0.2, 0.25) is 10.0 Å². The highest BCUT2D eigenvalue weighted by Gasteiger charge is 2.14. The number of hydrogen-bond acceptors (Lipinski definition) is 3. The number of benzene rings is 2. The first-order valence-corrected chi connectivity index (χ1v) is 9.25.